The molecule has 2 heterocycles. The zero-order chi connectivity index (χ0) is 21.3. The Kier molecular flexibility index (Phi) is 5.80. The van der Waals surface area contributed by atoms with Gasteiger partial charge >= 0.3 is 0 Å². The summed E-state index contributed by atoms with van der Waals surface area (Å²) in [5, 5.41) is 5.75. The number of hydrogen-bond donors (Lipinski definition) is 1. The summed E-state index contributed by atoms with van der Waals surface area (Å²) in [5.41, 5.74) is 2.15. The van der Waals surface area contributed by atoms with Gasteiger partial charge < -0.3 is 14.4 Å². The van der Waals surface area contributed by atoms with Crippen LogP contribution in [0.2, 0.25) is 10.0 Å². The summed E-state index contributed by atoms with van der Waals surface area (Å²) in [6, 6.07) is 10.3. The van der Waals surface area contributed by atoms with E-state index in [0.717, 1.165) is 5.56 Å². The van der Waals surface area contributed by atoms with Crippen LogP contribution in [0.1, 0.15) is 0 Å². The van der Waals surface area contributed by atoms with Crippen molar-refractivity contribution in [2.75, 3.05) is 30.5 Å². The molecule has 154 valence electrons. The van der Waals surface area contributed by atoms with E-state index in [4.69, 9.17) is 32.7 Å². The van der Waals surface area contributed by atoms with Gasteiger partial charge in [-0.05, 0) is 36.4 Å². The lowest BCUT2D eigenvalue weighted by Gasteiger charge is -2.26. The monoisotopic (exact) mass is 463 g/mol. The van der Waals surface area contributed by atoms with Crippen molar-refractivity contribution in [1.82, 2.24) is 4.98 Å². The topological polar surface area (TPSA) is 80.8 Å². The average molecular weight is 464 g/mol. The number of ether oxygens (including phenoxy) is 2. The highest BCUT2D eigenvalue weighted by molar-refractivity contribution is 7.14. The highest BCUT2D eigenvalue weighted by Crippen LogP contribution is 2.36. The molecule has 0 aliphatic carbocycles. The van der Waals surface area contributed by atoms with Gasteiger partial charge in [-0.3, -0.25) is 14.9 Å². The first kappa shape index (κ1) is 20.5. The van der Waals surface area contributed by atoms with E-state index in [0.29, 0.717) is 38.1 Å². The fourth-order valence-electron chi connectivity index (χ4n) is 2.79. The van der Waals surface area contributed by atoms with Gasteiger partial charge in [0.15, 0.2) is 18.3 Å². The summed E-state index contributed by atoms with van der Waals surface area (Å²) in [4.78, 5) is 30.0. The molecule has 0 saturated carbocycles. The van der Waals surface area contributed by atoms with Crippen molar-refractivity contribution < 1.29 is 19.1 Å². The van der Waals surface area contributed by atoms with E-state index < -0.39 is 0 Å². The Morgan fingerprint density at radius 1 is 1.30 bits per heavy atom. The molecule has 0 fully saturated rings. The third kappa shape index (κ3) is 4.35. The summed E-state index contributed by atoms with van der Waals surface area (Å²) in [6.45, 7) is -0.196. The van der Waals surface area contributed by atoms with Crippen molar-refractivity contribution in [3.05, 3.63) is 51.8 Å². The molecule has 1 aromatic heterocycles. The first-order chi connectivity index (χ1) is 14.4. The Morgan fingerprint density at radius 2 is 2.13 bits per heavy atom. The van der Waals surface area contributed by atoms with E-state index in [9.17, 15) is 9.59 Å². The molecule has 1 aliphatic heterocycles. The van der Waals surface area contributed by atoms with E-state index in [1.54, 1.807) is 30.1 Å². The van der Waals surface area contributed by atoms with E-state index in [1.165, 1.54) is 17.4 Å². The van der Waals surface area contributed by atoms with E-state index in [1.807, 2.05) is 17.5 Å². The predicted molar refractivity (Wildman–Crippen MR) is 117 cm³/mol. The van der Waals surface area contributed by atoms with Gasteiger partial charge in [-0.25, -0.2) is 4.98 Å². The third-order valence-corrected chi connectivity index (χ3v) is 5.63. The Bertz CT molecular complexity index is 1130. The molecular weight excluding hydrogens is 449 g/mol. The van der Waals surface area contributed by atoms with Gasteiger partial charge in [0, 0.05) is 23.0 Å². The molecule has 0 saturated heterocycles. The van der Waals surface area contributed by atoms with Crippen LogP contribution in [0, 0.1) is 0 Å². The molecule has 10 heteroatoms. The number of fused-ring (bicyclic) bond motifs is 1. The quantitative estimate of drug-likeness (QED) is 0.602. The average Bonchev–Trinajstić information content (AvgIpc) is 3.18. The van der Waals surface area contributed by atoms with Gasteiger partial charge in [0.2, 0.25) is 0 Å². The number of anilines is 2. The maximum absolute atomic E-state index is 12.2. The normalized spacial score (nSPS) is 12.9. The number of nitrogens with zero attached hydrogens (tertiary/aromatic N) is 2. The molecule has 1 aliphatic rings. The predicted octanol–water partition coefficient (Wildman–Crippen LogP) is 4.49. The molecule has 4 rings (SSSR count). The van der Waals surface area contributed by atoms with Crippen molar-refractivity contribution in [1.29, 1.82) is 0 Å². The lowest BCUT2D eigenvalue weighted by molar-refractivity contribution is -0.121. The molecule has 0 spiro atoms. The summed E-state index contributed by atoms with van der Waals surface area (Å²) in [5.74, 6) is 0.520. The minimum absolute atomic E-state index is 0.0268. The molecule has 0 unspecified atom stereocenters. The van der Waals surface area contributed by atoms with E-state index >= 15 is 0 Å². The number of thiazole rings is 1. The Hall–Kier alpha value is -2.81. The van der Waals surface area contributed by atoms with Crippen LogP contribution in [0.25, 0.3) is 11.3 Å². The second-order valence-electron chi connectivity index (χ2n) is 6.37. The van der Waals surface area contributed by atoms with Crippen molar-refractivity contribution in [2.45, 2.75) is 0 Å². The number of halogens is 2. The maximum atomic E-state index is 12.2. The van der Waals surface area contributed by atoms with Crippen LogP contribution in [0.4, 0.5) is 10.8 Å². The lowest BCUT2D eigenvalue weighted by Crippen LogP contribution is -2.35. The highest BCUT2D eigenvalue weighted by Gasteiger charge is 2.23. The molecule has 7 nitrogen and oxygen atoms in total. The van der Waals surface area contributed by atoms with Crippen LogP contribution in [-0.2, 0) is 9.59 Å². The van der Waals surface area contributed by atoms with Gasteiger partial charge in [0.05, 0.1) is 16.4 Å². The number of hydrogen-bond acceptors (Lipinski definition) is 6. The molecule has 0 radical (unpaired) electrons. The second kappa shape index (κ2) is 8.51. The smallest absolute Gasteiger partial charge is 0.264 e. The zero-order valence-electron chi connectivity index (χ0n) is 15.6. The summed E-state index contributed by atoms with van der Waals surface area (Å²) >= 11 is 13.2. The van der Waals surface area contributed by atoms with Gasteiger partial charge in [0.25, 0.3) is 11.8 Å². The van der Waals surface area contributed by atoms with Gasteiger partial charge in [-0.1, -0.05) is 23.2 Å². The summed E-state index contributed by atoms with van der Waals surface area (Å²) in [7, 11) is 1.70. The number of benzene rings is 2. The van der Waals surface area contributed by atoms with Crippen molar-refractivity contribution >= 4 is 57.2 Å². The Balaban J connectivity index is 1.42. The molecule has 1 N–H and O–H groups in total. The molecule has 2 aromatic carbocycles. The van der Waals surface area contributed by atoms with Gasteiger partial charge in [-0.2, -0.15) is 0 Å². The molecular formula is C20H15Cl2N3O4S. The Morgan fingerprint density at radius 3 is 2.93 bits per heavy atom. The van der Waals surface area contributed by atoms with Gasteiger partial charge in [-0.15, -0.1) is 11.3 Å². The van der Waals surface area contributed by atoms with E-state index in [2.05, 4.69) is 10.3 Å². The van der Waals surface area contributed by atoms with Crippen LogP contribution in [0.3, 0.4) is 0 Å². The van der Waals surface area contributed by atoms with Crippen molar-refractivity contribution in [3.63, 3.8) is 0 Å². The number of rotatable bonds is 5. The number of amides is 2. The van der Waals surface area contributed by atoms with Crippen molar-refractivity contribution in [3.8, 4) is 22.8 Å². The maximum Gasteiger partial charge on any atom is 0.264 e. The number of aromatic nitrogens is 1. The number of nitrogens with one attached hydrogen (secondary N) is 1. The number of carbonyl (C=O) groups is 2. The highest BCUT2D eigenvalue weighted by atomic mass is 35.5. The SMILES string of the molecule is CN1C(=O)COc2ccc(-c3csc(NC(=O)COc4ccc(Cl)cc4Cl)n3)cc21. The summed E-state index contributed by atoms with van der Waals surface area (Å²) < 4.78 is 10.9. The van der Waals surface area contributed by atoms with Crippen LogP contribution >= 0.6 is 34.5 Å². The number of likely N-dealkylation sites (N-methyl/N-ethyl adjacent to an activating group) is 1. The Labute approximate surface area is 186 Å². The standard InChI is InChI=1S/C20H15Cl2N3O4S/c1-25-15-6-11(2-4-17(15)29-9-19(25)27)14-10-30-20(23-14)24-18(26)8-28-16-5-3-12(21)7-13(16)22/h2-7,10H,8-9H2,1H3,(H,23,24,26). The van der Waals surface area contributed by atoms with Crippen LogP contribution < -0.4 is 19.7 Å². The third-order valence-electron chi connectivity index (χ3n) is 4.34. The minimum atomic E-state index is -0.369. The summed E-state index contributed by atoms with van der Waals surface area (Å²) in [6.07, 6.45) is 0. The second-order valence-corrected chi connectivity index (χ2v) is 8.08. The van der Waals surface area contributed by atoms with E-state index in [-0.39, 0.29) is 25.0 Å². The molecule has 0 atom stereocenters. The van der Waals surface area contributed by atoms with Crippen LogP contribution in [0.15, 0.2) is 41.8 Å². The fourth-order valence-corrected chi connectivity index (χ4v) is 3.99. The molecule has 3 aromatic rings. The van der Waals surface area contributed by atoms with Crippen LogP contribution in [0.5, 0.6) is 11.5 Å². The molecule has 0 bridgehead atoms. The van der Waals surface area contributed by atoms with Crippen molar-refractivity contribution in [2.24, 2.45) is 0 Å². The van der Waals surface area contributed by atoms with Gasteiger partial charge in [0.1, 0.15) is 11.5 Å². The fraction of sp³-hybridized carbons (Fsp3) is 0.150. The first-order valence-corrected chi connectivity index (χ1v) is 10.4. The first-order valence-electron chi connectivity index (χ1n) is 8.78. The number of carbonyl (C=O) groups excluding carboxylic acids is 2. The largest absolute Gasteiger partial charge is 0.482 e. The van der Waals surface area contributed by atoms with Crippen LogP contribution in [-0.4, -0.2) is 37.1 Å². The molecule has 30 heavy (non-hydrogen) atoms. The molecule has 2 amide bonds. The lowest BCUT2D eigenvalue weighted by atomic mass is 10.1. The zero-order valence-corrected chi connectivity index (χ0v) is 18.0. The minimum Gasteiger partial charge on any atom is -0.482 e.